The summed E-state index contributed by atoms with van der Waals surface area (Å²) in [5.74, 6) is 0. The lowest BCUT2D eigenvalue weighted by Crippen LogP contribution is -2.03. The van der Waals surface area contributed by atoms with Crippen molar-refractivity contribution in [2.45, 2.75) is 26.8 Å². The van der Waals surface area contributed by atoms with E-state index in [-0.39, 0.29) is 0 Å². The lowest BCUT2D eigenvalue weighted by atomic mass is 10.1. The number of fused-ring (bicyclic) bond motifs is 1. The van der Waals surface area contributed by atoms with Crippen LogP contribution in [-0.2, 0) is 13.0 Å². The summed E-state index contributed by atoms with van der Waals surface area (Å²) >= 11 is 1.91. The van der Waals surface area contributed by atoms with E-state index in [1.54, 1.807) is 0 Å². The zero-order chi connectivity index (χ0) is 10.8. The van der Waals surface area contributed by atoms with Crippen molar-refractivity contribution in [1.82, 2.24) is 5.32 Å². The second-order valence-corrected chi connectivity index (χ2v) is 5.00. The highest BCUT2D eigenvalue weighted by Gasteiger charge is 2.07. The lowest BCUT2D eigenvalue weighted by molar-refractivity contribution is 0.827. The minimum absolute atomic E-state index is 0.979. The maximum atomic E-state index is 3.22. The molecular weight excluding hydrogens is 202 g/mol. The molecule has 0 atom stereocenters. The van der Waals surface area contributed by atoms with Gasteiger partial charge in [-0.25, -0.2) is 0 Å². The normalized spacial score (nSPS) is 11.1. The zero-order valence-corrected chi connectivity index (χ0v) is 10.4. The van der Waals surface area contributed by atoms with Crippen LogP contribution in [0, 0.1) is 6.92 Å². The smallest absolute Gasteiger partial charge is 0.0349 e. The van der Waals surface area contributed by atoms with E-state index >= 15 is 0 Å². The Balaban J connectivity index is 2.56. The molecule has 2 rings (SSSR count). The highest BCUT2D eigenvalue weighted by Crippen LogP contribution is 2.31. The summed E-state index contributed by atoms with van der Waals surface area (Å²) in [6.45, 7) is 5.41. The van der Waals surface area contributed by atoms with Crippen LogP contribution in [0.5, 0.6) is 0 Å². The van der Waals surface area contributed by atoms with Gasteiger partial charge in [0.2, 0.25) is 0 Å². The molecule has 1 N–H and O–H groups in total. The minimum atomic E-state index is 0.979. The molecule has 0 aliphatic rings. The third kappa shape index (κ3) is 1.92. The molecular formula is C13H17NS. The fourth-order valence-electron chi connectivity index (χ4n) is 1.87. The van der Waals surface area contributed by atoms with Gasteiger partial charge in [-0.05, 0) is 43.0 Å². The van der Waals surface area contributed by atoms with Crippen molar-refractivity contribution in [3.05, 3.63) is 34.2 Å². The van der Waals surface area contributed by atoms with Crippen LogP contribution >= 0.6 is 11.3 Å². The Morgan fingerprint density at radius 3 is 2.80 bits per heavy atom. The van der Waals surface area contributed by atoms with Crippen molar-refractivity contribution >= 4 is 21.4 Å². The highest BCUT2D eigenvalue weighted by molar-refractivity contribution is 7.19. The first-order chi connectivity index (χ1) is 7.26. The van der Waals surface area contributed by atoms with E-state index in [2.05, 4.69) is 37.4 Å². The Bertz CT molecular complexity index is 471. The van der Waals surface area contributed by atoms with Crippen molar-refractivity contribution in [2.75, 3.05) is 7.05 Å². The Morgan fingerprint density at radius 2 is 2.13 bits per heavy atom. The summed E-state index contributed by atoms with van der Waals surface area (Å²) in [5.41, 5.74) is 2.87. The summed E-state index contributed by atoms with van der Waals surface area (Å²) in [7, 11) is 2.00. The van der Waals surface area contributed by atoms with E-state index < -0.39 is 0 Å². The topological polar surface area (TPSA) is 12.0 Å². The van der Waals surface area contributed by atoms with Crippen LogP contribution in [0.3, 0.4) is 0 Å². The van der Waals surface area contributed by atoms with Gasteiger partial charge in [0.1, 0.15) is 0 Å². The molecule has 0 amide bonds. The largest absolute Gasteiger partial charge is 0.315 e. The quantitative estimate of drug-likeness (QED) is 0.833. The number of benzene rings is 1. The molecule has 2 heteroatoms. The van der Waals surface area contributed by atoms with Crippen molar-refractivity contribution in [3.63, 3.8) is 0 Å². The maximum Gasteiger partial charge on any atom is 0.0349 e. The van der Waals surface area contributed by atoms with E-state index in [0.717, 1.165) is 13.0 Å². The molecule has 1 aromatic heterocycles. The molecule has 1 nitrogen and oxygen atoms in total. The van der Waals surface area contributed by atoms with E-state index in [9.17, 15) is 0 Å². The third-order valence-corrected chi connectivity index (χ3v) is 4.12. The van der Waals surface area contributed by atoms with Crippen LogP contribution < -0.4 is 5.32 Å². The third-order valence-electron chi connectivity index (χ3n) is 2.84. The number of hydrogen-bond donors (Lipinski definition) is 1. The van der Waals surface area contributed by atoms with Gasteiger partial charge in [0, 0.05) is 16.1 Å². The second kappa shape index (κ2) is 4.33. The van der Waals surface area contributed by atoms with Crippen LogP contribution in [0.2, 0.25) is 0 Å². The van der Waals surface area contributed by atoms with Gasteiger partial charge >= 0.3 is 0 Å². The first-order valence-electron chi connectivity index (χ1n) is 5.41. The predicted molar refractivity (Wildman–Crippen MR) is 68.7 cm³/mol. The van der Waals surface area contributed by atoms with Gasteiger partial charge in [-0.3, -0.25) is 0 Å². The van der Waals surface area contributed by atoms with Crippen molar-refractivity contribution in [2.24, 2.45) is 0 Å². The standard InChI is InChI=1S/C13H17NS/c1-4-10-5-6-12-11(7-10)9(2)13(15-12)8-14-3/h5-7,14H,4,8H2,1-3H3. The Morgan fingerprint density at radius 1 is 1.33 bits per heavy atom. The summed E-state index contributed by atoms with van der Waals surface area (Å²) in [6, 6.07) is 6.83. The molecule has 1 heterocycles. The molecule has 0 unspecified atom stereocenters. The van der Waals surface area contributed by atoms with Crippen LogP contribution in [0.15, 0.2) is 18.2 Å². The Kier molecular flexibility index (Phi) is 3.08. The van der Waals surface area contributed by atoms with Crippen LogP contribution in [-0.4, -0.2) is 7.05 Å². The first-order valence-corrected chi connectivity index (χ1v) is 6.23. The van der Waals surface area contributed by atoms with Crippen LogP contribution in [0.25, 0.3) is 10.1 Å². The van der Waals surface area contributed by atoms with Crippen LogP contribution in [0.4, 0.5) is 0 Å². The number of hydrogen-bond acceptors (Lipinski definition) is 2. The molecule has 15 heavy (non-hydrogen) atoms. The van der Waals surface area contributed by atoms with E-state index in [0.29, 0.717) is 0 Å². The molecule has 0 spiro atoms. The maximum absolute atomic E-state index is 3.22. The summed E-state index contributed by atoms with van der Waals surface area (Å²) in [4.78, 5) is 1.46. The molecule has 0 aliphatic heterocycles. The molecule has 0 fully saturated rings. The highest BCUT2D eigenvalue weighted by atomic mass is 32.1. The first kappa shape index (κ1) is 10.7. The fraction of sp³-hybridized carbons (Fsp3) is 0.385. The van der Waals surface area contributed by atoms with Gasteiger partial charge in [-0.1, -0.05) is 19.1 Å². The molecule has 0 saturated carbocycles. The lowest BCUT2D eigenvalue weighted by Gasteiger charge is -1.98. The molecule has 1 aromatic carbocycles. The molecule has 2 aromatic rings. The second-order valence-electron chi connectivity index (χ2n) is 3.86. The van der Waals surface area contributed by atoms with Gasteiger partial charge < -0.3 is 5.32 Å². The van der Waals surface area contributed by atoms with E-state index in [1.807, 2.05) is 18.4 Å². The molecule has 0 aliphatic carbocycles. The molecule has 0 radical (unpaired) electrons. The molecule has 80 valence electrons. The number of thiophene rings is 1. The summed E-state index contributed by atoms with van der Waals surface area (Å²) in [6.07, 6.45) is 1.12. The average molecular weight is 219 g/mol. The zero-order valence-electron chi connectivity index (χ0n) is 9.55. The average Bonchev–Trinajstić information content (AvgIpc) is 2.56. The van der Waals surface area contributed by atoms with Crippen molar-refractivity contribution in [3.8, 4) is 0 Å². The van der Waals surface area contributed by atoms with Gasteiger partial charge in [-0.2, -0.15) is 0 Å². The van der Waals surface area contributed by atoms with Gasteiger partial charge in [0.25, 0.3) is 0 Å². The van der Waals surface area contributed by atoms with Crippen LogP contribution in [0.1, 0.15) is 22.9 Å². The SMILES string of the molecule is CCc1ccc2sc(CNC)c(C)c2c1. The van der Waals surface area contributed by atoms with Crippen molar-refractivity contribution < 1.29 is 0 Å². The fourth-order valence-corrected chi connectivity index (χ4v) is 3.07. The van der Waals surface area contributed by atoms with Gasteiger partial charge in [0.05, 0.1) is 0 Å². The predicted octanol–water partition coefficient (Wildman–Crippen LogP) is 3.49. The monoisotopic (exact) mass is 219 g/mol. The summed E-state index contributed by atoms with van der Waals surface area (Å²) in [5, 5.41) is 4.66. The van der Waals surface area contributed by atoms with E-state index in [4.69, 9.17) is 0 Å². The van der Waals surface area contributed by atoms with Gasteiger partial charge in [-0.15, -0.1) is 11.3 Å². The number of nitrogens with one attached hydrogen (secondary N) is 1. The molecule has 0 saturated heterocycles. The molecule has 0 bridgehead atoms. The number of aryl methyl sites for hydroxylation is 2. The van der Waals surface area contributed by atoms with E-state index in [1.165, 1.54) is 26.1 Å². The summed E-state index contributed by atoms with van der Waals surface area (Å²) < 4.78 is 1.41. The minimum Gasteiger partial charge on any atom is -0.315 e. The van der Waals surface area contributed by atoms with Gasteiger partial charge in [0.15, 0.2) is 0 Å². The Labute approximate surface area is 95.1 Å². The van der Waals surface area contributed by atoms with Crippen molar-refractivity contribution in [1.29, 1.82) is 0 Å². The number of rotatable bonds is 3. The Hall–Kier alpha value is -0.860.